The van der Waals surface area contributed by atoms with E-state index in [9.17, 15) is 0 Å². The van der Waals surface area contributed by atoms with Crippen molar-refractivity contribution in [2.75, 3.05) is 10.6 Å². The maximum atomic E-state index is 3.82. The first-order valence-electron chi connectivity index (χ1n) is 7.95. The molecule has 1 aromatic rings. The zero-order chi connectivity index (χ0) is 13.2. The van der Waals surface area contributed by atoms with Gasteiger partial charge in [-0.2, -0.15) is 0 Å². The highest BCUT2D eigenvalue weighted by Gasteiger charge is 2.24. The Kier molecular flexibility index (Phi) is 3.67. The normalized spacial score (nSPS) is 24.9. The second-order valence-corrected chi connectivity index (χ2v) is 6.24. The van der Waals surface area contributed by atoms with Crippen LogP contribution >= 0.6 is 0 Å². The van der Waals surface area contributed by atoms with Gasteiger partial charge in [-0.1, -0.05) is 31.9 Å². The molecule has 0 aromatic heterocycles. The van der Waals surface area contributed by atoms with E-state index in [2.05, 4.69) is 36.6 Å². The van der Waals surface area contributed by atoms with Crippen LogP contribution in [-0.2, 0) is 12.8 Å². The van der Waals surface area contributed by atoms with Crippen LogP contribution < -0.4 is 10.6 Å². The van der Waals surface area contributed by atoms with Gasteiger partial charge in [0.15, 0.2) is 0 Å². The van der Waals surface area contributed by atoms with Crippen molar-refractivity contribution in [1.82, 2.24) is 0 Å². The van der Waals surface area contributed by atoms with Crippen molar-refractivity contribution in [3.63, 3.8) is 0 Å². The van der Waals surface area contributed by atoms with Gasteiger partial charge in [0.2, 0.25) is 0 Å². The molecule has 2 unspecified atom stereocenters. The Morgan fingerprint density at radius 2 is 1.74 bits per heavy atom. The van der Waals surface area contributed by atoms with E-state index in [4.69, 9.17) is 0 Å². The summed E-state index contributed by atoms with van der Waals surface area (Å²) in [5.74, 6) is 0. The lowest BCUT2D eigenvalue weighted by molar-refractivity contribution is 0.557. The number of unbranched alkanes of at least 4 members (excludes halogenated alkanes) is 1. The Morgan fingerprint density at radius 1 is 1.05 bits per heavy atom. The molecule has 2 N–H and O–H groups in total. The molecule has 0 spiro atoms. The molecule has 19 heavy (non-hydrogen) atoms. The van der Waals surface area contributed by atoms with Gasteiger partial charge in [-0.05, 0) is 50.2 Å². The molecule has 2 heteroatoms. The fraction of sp³-hybridized carbons (Fsp3) is 0.647. The molecule has 2 nitrogen and oxygen atoms in total. The number of hydrogen-bond donors (Lipinski definition) is 2. The van der Waals surface area contributed by atoms with E-state index in [1.807, 2.05) is 0 Å². The fourth-order valence-corrected chi connectivity index (χ4v) is 3.40. The average molecular weight is 258 g/mol. The molecular formula is C17H26N2. The number of benzene rings is 1. The lowest BCUT2D eigenvalue weighted by Crippen LogP contribution is -2.29. The quantitative estimate of drug-likeness (QED) is 0.842. The monoisotopic (exact) mass is 258 g/mol. The maximum absolute atomic E-state index is 3.82. The largest absolute Gasteiger partial charge is 0.381 e. The number of fused-ring (bicyclic) bond motifs is 3. The standard InChI is InChI=1S/C17H26N2/c1-3-4-5-15-11-10-14-9-8-13-7-6-12(2)18-16(13)17(14)19-15/h8-9,12,15,18-19H,3-7,10-11H2,1-2H3. The van der Waals surface area contributed by atoms with E-state index in [1.165, 1.54) is 67.4 Å². The van der Waals surface area contributed by atoms with Gasteiger partial charge in [-0.15, -0.1) is 0 Å². The molecule has 0 fully saturated rings. The van der Waals surface area contributed by atoms with Crippen molar-refractivity contribution in [3.8, 4) is 0 Å². The number of anilines is 2. The predicted octanol–water partition coefficient (Wildman–Crippen LogP) is 4.35. The van der Waals surface area contributed by atoms with Gasteiger partial charge >= 0.3 is 0 Å². The Balaban J connectivity index is 1.85. The maximum Gasteiger partial charge on any atom is 0.0613 e. The number of aryl methyl sites for hydroxylation is 2. The van der Waals surface area contributed by atoms with Crippen molar-refractivity contribution < 1.29 is 0 Å². The summed E-state index contributed by atoms with van der Waals surface area (Å²) in [5, 5.41) is 7.52. The Bertz CT molecular complexity index is 453. The summed E-state index contributed by atoms with van der Waals surface area (Å²) in [5.41, 5.74) is 5.82. The molecule has 0 radical (unpaired) electrons. The molecule has 0 saturated carbocycles. The molecule has 0 saturated heterocycles. The third-order valence-corrected chi connectivity index (χ3v) is 4.63. The Morgan fingerprint density at radius 3 is 2.47 bits per heavy atom. The predicted molar refractivity (Wildman–Crippen MR) is 83.1 cm³/mol. The van der Waals surface area contributed by atoms with Gasteiger partial charge in [0.1, 0.15) is 0 Å². The highest BCUT2D eigenvalue weighted by atomic mass is 15.0. The van der Waals surface area contributed by atoms with Crippen LogP contribution in [0.25, 0.3) is 0 Å². The summed E-state index contributed by atoms with van der Waals surface area (Å²) in [6.45, 7) is 4.57. The van der Waals surface area contributed by atoms with Gasteiger partial charge in [0.25, 0.3) is 0 Å². The lowest BCUT2D eigenvalue weighted by atomic mass is 9.89. The Labute approximate surface area is 117 Å². The molecule has 3 rings (SSSR count). The molecule has 104 valence electrons. The second kappa shape index (κ2) is 5.44. The molecular weight excluding hydrogens is 232 g/mol. The summed E-state index contributed by atoms with van der Waals surface area (Å²) in [6.07, 6.45) is 8.96. The third-order valence-electron chi connectivity index (χ3n) is 4.63. The van der Waals surface area contributed by atoms with Crippen LogP contribution in [0.3, 0.4) is 0 Å². The van der Waals surface area contributed by atoms with Gasteiger partial charge < -0.3 is 10.6 Å². The summed E-state index contributed by atoms with van der Waals surface area (Å²) < 4.78 is 0. The minimum atomic E-state index is 0.608. The summed E-state index contributed by atoms with van der Waals surface area (Å²) in [4.78, 5) is 0. The van der Waals surface area contributed by atoms with Crippen LogP contribution in [0.15, 0.2) is 12.1 Å². The first-order chi connectivity index (χ1) is 9.28. The minimum Gasteiger partial charge on any atom is -0.381 e. The van der Waals surface area contributed by atoms with E-state index in [-0.39, 0.29) is 0 Å². The molecule has 0 amide bonds. The van der Waals surface area contributed by atoms with Crippen LogP contribution in [0, 0.1) is 0 Å². The number of rotatable bonds is 3. The molecule has 2 atom stereocenters. The summed E-state index contributed by atoms with van der Waals surface area (Å²) in [6, 6.07) is 5.96. The lowest BCUT2D eigenvalue weighted by Gasteiger charge is -2.33. The van der Waals surface area contributed by atoms with E-state index in [1.54, 1.807) is 0 Å². The van der Waals surface area contributed by atoms with Crippen LogP contribution in [0.1, 0.15) is 57.1 Å². The highest BCUT2D eigenvalue weighted by Crippen LogP contribution is 2.39. The van der Waals surface area contributed by atoms with Crippen molar-refractivity contribution >= 4 is 11.4 Å². The topological polar surface area (TPSA) is 24.1 Å². The molecule has 0 aliphatic carbocycles. The molecule has 2 aliphatic heterocycles. The highest BCUT2D eigenvalue weighted by molar-refractivity contribution is 5.78. The first kappa shape index (κ1) is 12.8. The van der Waals surface area contributed by atoms with Gasteiger partial charge in [0.05, 0.1) is 11.4 Å². The molecule has 1 aromatic carbocycles. The van der Waals surface area contributed by atoms with Gasteiger partial charge in [0, 0.05) is 12.1 Å². The van der Waals surface area contributed by atoms with Crippen LogP contribution in [0.4, 0.5) is 11.4 Å². The van der Waals surface area contributed by atoms with Gasteiger partial charge in [-0.3, -0.25) is 0 Å². The number of hydrogen-bond acceptors (Lipinski definition) is 2. The van der Waals surface area contributed by atoms with Crippen molar-refractivity contribution in [3.05, 3.63) is 23.3 Å². The fourth-order valence-electron chi connectivity index (χ4n) is 3.40. The SMILES string of the molecule is CCCCC1CCc2ccc3c(c2N1)NC(C)CC3. The van der Waals surface area contributed by atoms with E-state index in [0.717, 1.165) is 0 Å². The first-order valence-corrected chi connectivity index (χ1v) is 7.95. The smallest absolute Gasteiger partial charge is 0.0613 e. The molecule has 0 bridgehead atoms. The minimum absolute atomic E-state index is 0.608. The van der Waals surface area contributed by atoms with E-state index < -0.39 is 0 Å². The van der Waals surface area contributed by atoms with E-state index in [0.29, 0.717) is 12.1 Å². The van der Waals surface area contributed by atoms with Crippen LogP contribution in [0.2, 0.25) is 0 Å². The van der Waals surface area contributed by atoms with Crippen LogP contribution in [-0.4, -0.2) is 12.1 Å². The zero-order valence-electron chi connectivity index (χ0n) is 12.3. The Hall–Kier alpha value is -1.18. The van der Waals surface area contributed by atoms with Crippen molar-refractivity contribution in [1.29, 1.82) is 0 Å². The third kappa shape index (κ3) is 2.58. The summed E-state index contributed by atoms with van der Waals surface area (Å²) in [7, 11) is 0. The molecule has 2 heterocycles. The van der Waals surface area contributed by atoms with E-state index >= 15 is 0 Å². The number of nitrogens with one attached hydrogen (secondary N) is 2. The van der Waals surface area contributed by atoms with Gasteiger partial charge in [-0.25, -0.2) is 0 Å². The second-order valence-electron chi connectivity index (χ2n) is 6.24. The summed E-state index contributed by atoms with van der Waals surface area (Å²) >= 11 is 0. The molecule has 2 aliphatic rings. The average Bonchev–Trinajstić information content (AvgIpc) is 2.44. The van der Waals surface area contributed by atoms with Crippen LogP contribution in [0.5, 0.6) is 0 Å². The van der Waals surface area contributed by atoms with Crippen molar-refractivity contribution in [2.24, 2.45) is 0 Å². The zero-order valence-corrected chi connectivity index (χ0v) is 12.3. The van der Waals surface area contributed by atoms with Crippen molar-refractivity contribution in [2.45, 2.75) is 70.9 Å².